The van der Waals surface area contributed by atoms with Gasteiger partial charge in [-0.05, 0) is 36.1 Å². The average molecular weight is 255 g/mol. The lowest BCUT2D eigenvalue weighted by Crippen LogP contribution is -2.24. The summed E-state index contributed by atoms with van der Waals surface area (Å²) in [6.45, 7) is 2.16. The van der Waals surface area contributed by atoms with E-state index in [1.165, 1.54) is 42.0 Å². The first-order chi connectivity index (χ1) is 9.34. The van der Waals surface area contributed by atoms with Crippen molar-refractivity contribution >= 4 is 10.8 Å². The summed E-state index contributed by atoms with van der Waals surface area (Å²) < 4.78 is 0. The Labute approximate surface area is 114 Å². The normalized spacial score (nSPS) is 17.9. The van der Waals surface area contributed by atoms with Crippen molar-refractivity contribution in [2.45, 2.75) is 44.8 Å². The molecule has 1 aliphatic carbocycles. The Bertz CT molecular complexity index is 540. The van der Waals surface area contributed by atoms with E-state index < -0.39 is 0 Å². The van der Waals surface area contributed by atoms with Gasteiger partial charge in [0.1, 0.15) is 0 Å². The van der Waals surface area contributed by atoms with Crippen molar-refractivity contribution in [1.29, 1.82) is 0 Å². The molecule has 0 heterocycles. The fourth-order valence-corrected chi connectivity index (χ4v) is 2.90. The molecular weight excluding hydrogens is 234 g/mol. The summed E-state index contributed by atoms with van der Waals surface area (Å²) in [4.78, 5) is 5.82. The first-order valence-corrected chi connectivity index (χ1v) is 7.23. The van der Waals surface area contributed by atoms with Crippen molar-refractivity contribution in [2.75, 3.05) is 0 Å². The minimum Gasteiger partial charge on any atom is -0.298 e. The van der Waals surface area contributed by atoms with Crippen LogP contribution in [0.4, 0.5) is 0 Å². The molecular formula is C17H21NO. The molecule has 2 heteroatoms. The lowest BCUT2D eigenvalue weighted by molar-refractivity contribution is -0.0374. The van der Waals surface area contributed by atoms with Crippen LogP contribution < -0.4 is 5.48 Å². The van der Waals surface area contributed by atoms with Gasteiger partial charge in [0.05, 0.1) is 12.1 Å². The molecule has 1 atom stereocenters. The van der Waals surface area contributed by atoms with Crippen LogP contribution in [0, 0.1) is 0 Å². The zero-order valence-corrected chi connectivity index (χ0v) is 11.4. The van der Waals surface area contributed by atoms with Crippen molar-refractivity contribution in [3.63, 3.8) is 0 Å². The van der Waals surface area contributed by atoms with E-state index >= 15 is 0 Å². The molecule has 0 aliphatic heterocycles. The highest BCUT2D eigenvalue weighted by Crippen LogP contribution is 2.25. The molecule has 1 unspecified atom stereocenters. The maximum absolute atomic E-state index is 5.82. The lowest BCUT2D eigenvalue weighted by atomic mass is 10.0. The minimum absolute atomic E-state index is 0.215. The summed E-state index contributed by atoms with van der Waals surface area (Å²) in [6.07, 6.45) is 5.38. The molecule has 0 saturated heterocycles. The topological polar surface area (TPSA) is 21.3 Å². The molecule has 1 fully saturated rings. The summed E-state index contributed by atoms with van der Waals surface area (Å²) in [5, 5.41) is 2.59. The molecule has 1 N–H and O–H groups in total. The third-order valence-corrected chi connectivity index (χ3v) is 4.00. The maximum atomic E-state index is 5.82. The highest BCUT2D eigenvalue weighted by Gasteiger charge is 2.17. The second-order valence-corrected chi connectivity index (χ2v) is 5.43. The van der Waals surface area contributed by atoms with Crippen LogP contribution in [0.2, 0.25) is 0 Å². The number of rotatable bonds is 4. The first kappa shape index (κ1) is 12.6. The van der Waals surface area contributed by atoms with E-state index in [1.807, 2.05) is 0 Å². The molecule has 2 aromatic rings. The molecule has 19 heavy (non-hydrogen) atoms. The molecule has 0 amide bonds. The van der Waals surface area contributed by atoms with Gasteiger partial charge in [0.2, 0.25) is 0 Å². The standard InChI is InChI=1S/C17H21NO/c1-13(18-19-15-9-3-4-10-15)16-12-6-8-14-7-2-5-11-17(14)16/h2,5-8,11-13,15,18H,3-4,9-10H2,1H3. The average Bonchev–Trinajstić information content (AvgIpc) is 2.97. The molecule has 100 valence electrons. The summed E-state index contributed by atoms with van der Waals surface area (Å²) >= 11 is 0. The van der Waals surface area contributed by atoms with Gasteiger partial charge in [-0.15, -0.1) is 0 Å². The molecule has 3 rings (SSSR count). The van der Waals surface area contributed by atoms with Crippen LogP contribution in [0.3, 0.4) is 0 Å². The number of nitrogens with one attached hydrogen (secondary N) is 1. The molecule has 2 nitrogen and oxygen atoms in total. The summed E-state index contributed by atoms with van der Waals surface area (Å²) in [5.41, 5.74) is 4.53. The van der Waals surface area contributed by atoms with E-state index in [0.29, 0.717) is 6.10 Å². The first-order valence-electron chi connectivity index (χ1n) is 7.23. The van der Waals surface area contributed by atoms with Gasteiger partial charge in [-0.25, -0.2) is 0 Å². The number of hydrogen-bond donors (Lipinski definition) is 1. The van der Waals surface area contributed by atoms with Crippen molar-refractivity contribution in [1.82, 2.24) is 5.48 Å². The van der Waals surface area contributed by atoms with Crippen LogP contribution in [-0.4, -0.2) is 6.10 Å². The van der Waals surface area contributed by atoms with Gasteiger partial charge in [0, 0.05) is 0 Å². The monoisotopic (exact) mass is 255 g/mol. The van der Waals surface area contributed by atoms with E-state index in [-0.39, 0.29) is 6.04 Å². The summed E-state index contributed by atoms with van der Waals surface area (Å²) in [5.74, 6) is 0. The summed E-state index contributed by atoms with van der Waals surface area (Å²) in [7, 11) is 0. The predicted molar refractivity (Wildman–Crippen MR) is 78.8 cm³/mol. The SMILES string of the molecule is CC(NOC1CCCC1)c1cccc2ccccc12. The summed E-state index contributed by atoms with van der Waals surface area (Å²) in [6, 6.07) is 15.2. The van der Waals surface area contributed by atoms with E-state index in [9.17, 15) is 0 Å². The molecule has 0 aromatic heterocycles. The van der Waals surface area contributed by atoms with Crippen LogP contribution in [-0.2, 0) is 4.84 Å². The van der Waals surface area contributed by atoms with E-state index in [2.05, 4.69) is 54.9 Å². The number of benzene rings is 2. The molecule has 1 saturated carbocycles. The fourth-order valence-electron chi connectivity index (χ4n) is 2.90. The van der Waals surface area contributed by atoms with Gasteiger partial charge in [-0.2, -0.15) is 5.48 Å². The Balaban J connectivity index is 1.75. The van der Waals surface area contributed by atoms with Gasteiger partial charge < -0.3 is 0 Å². The van der Waals surface area contributed by atoms with Gasteiger partial charge in [0.25, 0.3) is 0 Å². The minimum atomic E-state index is 0.215. The van der Waals surface area contributed by atoms with Crippen LogP contribution >= 0.6 is 0 Å². The quantitative estimate of drug-likeness (QED) is 0.819. The molecule has 1 aliphatic rings. The zero-order chi connectivity index (χ0) is 13.1. The second kappa shape index (κ2) is 5.72. The lowest BCUT2D eigenvalue weighted by Gasteiger charge is -2.19. The Hall–Kier alpha value is -1.38. The number of hydrogen-bond acceptors (Lipinski definition) is 2. The van der Waals surface area contributed by atoms with E-state index in [1.54, 1.807) is 0 Å². The number of hydroxylamine groups is 1. The van der Waals surface area contributed by atoms with E-state index in [0.717, 1.165) is 0 Å². The van der Waals surface area contributed by atoms with Crippen molar-refractivity contribution in [2.24, 2.45) is 0 Å². The highest BCUT2D eigenvalue weighted by molar-refractivity contribution is 5.86. The highest BCUT2D eigenvalue weighted by atomic mass is 16.7. The third-order valence-electron chi connectivity index (χ3n) is 4.00. The Kier molecular flexibility index (Phi) is 3.81. The van der Waals surface area contributed by atoms with Gasteiger partial charge in [0.15, 0.2) is 0 Å². The molecule has 0 spiro atoms. The van der Waals surface area contributed by atoms with Crippen LogP contribution in [0.15, 0.2) is 42.5 Å². The maximum Gasteiger partial charge on any atom is 0.0790 e. The third kappa shape index (κ3) is 2.80. The second-order valence-electron chi connectivity index (χ2n) is 5.43. The van der Waals surface area contributed by atoms with Crippen LogP contribution in [0.1, 0.15) is 44.2 Å². The largest absolute Gasteiger partial charge is 0.298 e. The van der Waals surface area contributed by atoms with E-state index in [4.69, 9.17) is 4.84 Å². The van der Waals surface area contributed by atoms with Crippen molar-refractivity contribution in [3.8, 4) is 0 Å². The van der Waals surface area contributed by atoms with Crippen LogP contribution in [0.5, 0.6) is 0 Å². The van der Waals surface area contributed by atoms with Gasteiger partial charge in [-0.3, -0.25) is 4.84 Å². The fraction of sp³-hybridized carbons (Fsp3) is 0.412. The Morgan fingerprint density at radius 1 is 1.05 bits per heavy atom. The van der Waals surface area contributed by atoms with Crippen LogP contribution in [0.25, 0.3) is 10.8 Å². The Morgan fingerprint density at radius 3 is 2.63 bits per heavy atom. The van der Waals surface area contributed by atoms with Crippen molar-refractivity contribution in [3.05, 3.63) is 48.0 Å². The van der Waals surface area contributed by atoms with Crippen molar-refractivity contribution < 1.29 is 4.84 Å². The molecule has 0 radical (unpaired) electrons. The predicted octanol–water partition coefficient (Wildman–Crippen LogP) is 4.36. The zero-order valence-electron chi connectivity index (χ0n) is 11.4. The molecule has 0 bridgehead atoms. The number of fused-ring (bicyclic) bond motifs is 1. The molecule has 2 aromatic carbocycles. The Morgan fingerprint density at radius 2 is 1.79 bits per heavy atom. The van der Waals surface area contributed by atoms with Gasteiger partial charge in [-0.1, -0.05) is 55.3 Å². The smallest absolute Gasteiger partial charge is 0.0790 e. The van der Waals surface area contributed by atoms with Gasteiger partial charge >= 0.3 is 0 Å².